The Balaban J connectivity index is 2.00. The van der Waals surface area contributed by atoms with E-state index in [9.17, 15) is 14.4 Å². The Labute approximate surface area is 152 Å². The van der Waals surface area contributed by atoms with Crippen molar-refractivity contribution in [2.45, 2.75) is 0 Å². The van der Waals surface area contributed by atoms with Crippen molar-refractivity contribution in [3.8, 4) is 0 Å². The van der Waals surface area contributed by atoms with E-state index >= 15 is 0 Å². The third-order valence-corrected chi connectivity index (χ3v) is 4.06. The molecule has 0 atom stereocenters. The third kappa shape index (κ3) is 3.20. The van der Waals surface area contributed by atoms with Crippen LogP contribution in [0.3, 0.4) is 0 Å². The number of barbiturate groups is 1. The van der Waals surface area contributed by atoms with Crippen LogP contribution in [0.4, 0.5) is 16.4 Å². The van der Waals surface area contributed by atoms with Crippen molar-refractivity contribution in [3.63, 3.8) is 0 Å². The number of furan rings is 1. The zero-order valence-electron chi connectivity index (χ0n) is 13.4. The summed E-state index contributed by atoms with van der Waals surface area (Å²) in [6.45, 7) is 0. The number of carbonyl (C=O) groups excluding carboxylic acids is 3. The summed E-state index contributed by atoms with van der Waals surface area (Å²) in [7, 11) is 3.60. The standard InChI is InChI=1S/C17H14BrN3O4/c1-20(2)16-13(18)9-11(25-16)8-12-14(22)19-17(24)21(15(12)23)10-6-4-3-5-7-10/h3-9H,1-2H3,(H,19,22,24). The molecule has 0 radical (unpaired) electrons. The lowest BCUT2D eigenvalue weighted by molar-refractivity contribution is -0.122. The summed E-state index contributed by atoms with van der Waals surface area (Å²) in [5, 5.41) is 2.17. The Bertz CT molecular complexity index is 887. The third-order valence-electron chi connectivity index (χ3n) is 3.50. The van der Waals surface area contributed by atoms with Crippen molar-refractivity contribution in [2.24, 2.45) is 0 Å². The fourth-order valence-electron chi connectivity index (χ4n) is 2.36. The molecule has 4 amide bonds. The first-order chi connectivity index (χ1) is 11.9. The summed E-state index contributed by atoms with van der Waals surface area (Å²) in [6.07, 6.45) is 1.32. The highest BCUT2D eigenvalue weighted by atomic mass is 79.9. The zero-order chi connectivity index (χ0) is 18.1. The molecule has 25 heavy (non-hydrogen) atoms. The van der Waals surface area contributed by atoms with Crippen LogP contribution in [0.2, 0.25) is 0 Å². The minimum Gasteiger partial charge on any atom is -0.440 e. The van der Waals surface area contributed by atoms with Crippen molar-refractivity contribution in [3.05, 3.63) is 52.2 Å². The van der Waals surface area contributed by atoms with Gasteiger partial charge in [0.2, 0.25) is 5.88 Å². The van der Waals surface area contributed by atoms with E-state index in [-0.39, 0.29) is 5.57 Å². The second kappa shape index (κ2) is 6.56. The van der Waals surface area contributed by atoms with E-state index < -0.39 is 17.8 Å². The van der Waals surface area contributed by atoms with E-state index in [0.29, 0.717) is 21.8 Å². The Hall–Kier alpha value is -2.87. The average molecular weight is 404 g/mol. The molecule has 2 aromatic rings. The van der Waals surface area contributed by atoms with E-state index in [4.69, 9.17) is 4.42 Å². The summed E-state index contributed by atoms with van der Waals surface area (Å²) in [4.78, 5) is 39.5. The van der Waals surface area contributed by atoms with Gasteiger partial charge in [-0.1, -0.05) is 18.2 Å². The normalized spacial score (nSPS) is 16.4. The molecule has 128 valence electrons. The van der Waals surface area contributed by atoms with Crippen molar-refractivity contribution < 1.29 is 18.8 Å². The lowest BCUT2D eigenvalue weighted by Crippen LogP contribution is -2.54. The maximum Gasteiger partial charge on any atom is 0.335 e. The van der Waals surface area contributed by atoms with Crippen LogP contribution in [-0.4, -0.2) is 31.9 Å². The predicted octanol–water partition coefficient (Wildman–Crippen LogP) is 2.77. The van der Waals surface area contributed by atoms with Gasteiger partial charge >= 0.3 is 6.03 Å². The molecule has 7 nitrogen and oxygen atoms in total. The number of imide groups is 2. The van der Waals surface area contributed by atoms with Crippen LogP contribution in [-0.2, 0) is 9.59 Å². The van der Waals surface area contributed by atoms with Crippen LogP contribution in [0.25, 0.3) is 6.08 Å². The van der Waals surface area contributed by atoms with E-state index in [1.807, 2.05) is 0 Å². The predicted molar refractivity (Wildman–Crippen MR) is 96.2 cm³/mol. The van der Waals surface area contributed by atoms with Crippen LogP contribution in [0.5, 0.6) is 0 Å². The first-order valence-corrected chi connectivity index (χ1v) is 8.11. The minimum absolute atomic E-state index is 0.185. The molecular weight excluding hydrogens is 390 g/mol. The lowest BCUT2D eigenvalue weighted by atomic mass is 10.1. The molecule has 1 fully saturated rings. The van der Waals surface area contributed by atoms with Gasteiger partial charge in [0.15, 0.2) is 0 Å². The van der Waals surface area contributed by atoms with E-state index in [1.54, 1.807) is 55.4 Å². The molecule has 2 heterocycles. The Morgan fingerprint density at radius 3 is 2.44 bits per heavy atom. The number of urea groups is 1. The Morgan fingerprint density at radius 2 is 1.84 bits per heavy atom. The van der Waals surface area contributed by atoms with E-state index in [0.717, 1.165) is 4.90 Å². The Morgan fingerprint density at radius 1 is 1.16 bits per heavy atom. The molecule has 1 aromatic carbocycles. The summed E-state index contributed by atoms with van der Waals surface area (Å²) in [6, 6.07) is 9.24. The fourth-order valence-corrected chi connectivity index (χ4v) is 3.02. The summed E-state index contributed by atoms with van der Waals surface area (Å²) in [5.74, 6) is -0.608. The number of hydrogen-bond acceptors (Lipinski definition) is 5. The van der Waals surface area contributed by atoms with Gasteiger partial charge in [0.25, 0.3) is 11.8 Å². The molecule has 0 spiro atoms. The highest BCUT2D eigenvalue weighted by molar-refractivity contribution is 9.10. The summed E-state index contributed by atoms with van der Waals surface area (Å²) >= 11 is 3.36. The smallest absolute Gasteiger partial charge is 0.335 e. The van der Waals surface area contributed by atoms with Crippen molar-refractivity contribution in [1.29, 1.82) is 0 Å². The quantitative estimate of drug-likeness (QED) is 0.629. The highest BCUT2D eigenvalue weighted by Crippen LogP contribution is 2.30. The maximum absolute atomic E-state index is 12.7. The van der Waals surface area contributed by atoms with Gasteiger partial charge in [0, 0.05) is 20.2 Å². The van der Waals surface area contributed by atoms with Crippen LogP contribution in [0, 0.1) is 0 Å². The van der Waals surface area contributed by atoms with Gasteiger partial charge in [0.1, 0.15) is 11.3 Å². The first-order valence-electron chi connectivity index (χ1n) is 7.31. The van der Waals surface area contributed by atoms with Crippen LogP contribution in [0.1, 0.15) is 5.76 Å². The number of carbonyl (C=O) groups is 3. The van der Waals surface area contributed by atoms with E-state index in [2.05, 4.69) is 21.2 Å². The van der Waals surface area contributed by atoms with Crippen molar-refractivity contribution >= 4 is 51.4 Å². The van der Waals surface area contributed by atoms with Crippen LogP contribution in [0.15, 0.2) is 50.9 Å². The number of rotatable bonds is 3. The number of amides is 4. The molecule has 0 unspecified atom stereocenters. The molecule has 0 bridgehead atoms. The molecule has 8 heteroatoms. The van der Waals surface area contributed by atoms with Gasteiger partial charge in [-0.05, 0) is 34.1 Å². The van der Waals surface area contributed by atoms with Crippen LogP contribution >= 0.6 is 15.9 Å². The largest absolute Gasteiger partial charge is 0.440 e. The topological polar surface area (TPSA) is 82.9 Å². The van der Waals surface area contributed by atoms with Crippen molar-refractivity contribution in [2.75, 3.05) is 23.9 Å². The first kappa shape index (κ1) is 17.0. The number of hydrogen-bond donors (Lipinski definition) is 1. The van der Waals surface area contributed by atoms with E-state index in [1.165, 1.54) is 6.08 Å². The lowest BCUT2D eigenvalue weighted by Gasteiger charge is -2.26. The molecule has 1 saturated heterocycles. The number of anilines is 2. The van der Waals surface area contributed by atoms with Crippen molar-refractivity contribution in [1.82, 2.24) is 5.32 Å². The number of nitrogens with zero attached hydrogens (tertiary/aromatic N) is 2. The van der Waals surface area contributed by atoms with Gasteiger partial charge in [0.05, 0.1) is 10.2 Å². The monoisotopic (exact) mass is 403 g/mol. The molecule has 0 aliphatic carbocycles. The molecular formula is C17H14BrN3O4. The van der Waals surface area contributed by atoms with Gasteiger partial charge in [-0.15, -0.1) is 0 Å². The Kier molecular flexibility index (Phi) is 4.45. The fraction of sp³-hybridized carbons (Fsp3) is 0.118. The minimum atomic E-state index is -0.784. The number of para-hydroxylation sites is 1. The molecule has 1 aliphatic heterocycles. The zero-order valence-corrected chi connectivity index (χ0v) is 15.0. The second-order valence-electron chi connectivity index (χ2n) is 5.49. The van der Waals surface area contributed by atoms with Gasteiger partial charge in [-0.25, -0.2) is 9.69 Å². The molecule has 3 rings (SSSR count). The number of nitrogens with one attached hydrogen (secondary N) is 1. The molecule has 0 saturated carbocycles. The van der Waals surface area contributed by atoms with Gasteiger partial charge in [-0.2, -0.15) is 0 Å². The summed E-state index contributed by atoms with van der Waals surface area (Å²) in [5.41, 5.74) is 0.188. The molecule has 1 N–H and O–H groups in total. The number of halogens is 1. The SMILES string of the molecule is CN(C)c1oc(C=C2C(=O)NC(=O)N(c3ccccc3)C2=O)cc1Br. The van der Waals surface area contributed by atoms with Gasteiger partial charge in [-0.3, -0.25) is 14.9 Å². The van der Waals surface area contributed by atoms with Crippen LogP contribution < -0.4 is 15.1 Å². The average Bonchev–Trinajstić information content (AvgIpc) is 2.93. The molecule has 1 aliphatic rings. The maximum atomic E-state index is 12.7. The van der Waals surface area contributed by atoms with Gasteiger partial charge < -0.3 is 9.32 Å². The highest BCUT2D eigenvalue weighted by Gasteiger charge is 2.37. The second-order valence-corrected chi connectivity index (χ2v) is 6.34. The number of benzene rings is 1. The molecule has 1 aromatic heterocycles. The summed E-state index contributed by atoms with van der Waals surface area (Å²) < 4.78 is 6.29.